The summed E-state index contributed by atoms with van der Waals surface area (Å²) in [4.78, 5) is 37.8. The van der Waals surface area contributed by atoms with Gasteiger partial charge in [0, 0.05) is 18.8 Å². The standard InChI is InChI=1S/C12H21N3O4S/c1-4-14(5-2)10(16)6-13-12(19)15-8(3)20-7-9(15)11(17)18/h8-9H,4-7H2,1-3H3,(H,13,19)(H,17,18). The topological polar surface area (TPSA) is 90.0 Å². The Labute approximate surface area is 122 Å². The quantitative estimate of drug-likeness (QED) is 0.768. The molecule has 8 heteroatoms. The van der Waals surface area contributed by atoms with Gasteiger partial charge in [0.15, 0.2) is 0 Å². The van der Waals surface area contributed by atoms with Gasteiger partial charge in [-0.3, -0.25) is 9.69 Å². The van der Waals surface area contributed by atoms with Crippen molar-refractivity contribution in [3.63, 3.8) is 0 Å². The summed E-state index contributed by atoms with van der Waals surface area (Å²) in [7, 11) is 0. The van der Waals surface area contributed by atoms with E-state index in [0.717, 1.165) is 0 Å². The Kier molecular flexibility index (Phi) is 6.12. The Hall–Kier alpha value is -1.44. The Morgan fingerprint density at radius 2 is 1.95 bits per heavy atom. The zero-order chi connectivity index (χ0) is 15.3. The van der Waals surface area contributed by atoms with Gasteiger partial charge in [0.2, 0.25) is 5.91 Å². The number of carbonyl (C=O) groups is 3. The second-order valence-corrected chi connectivity index (χ2v) is 5.77. The second-order valence-electron chi connectivity index (χ2n) is 4.42. The van der Waals surface area contributed by atoms with Crippen molar-refractivity contribution in [2.75, 3.05) is 25.4 Å². The first-order valence-corrected chi connectivity index (χ1v) is 7.65. The Morgan fingerprint density at radius 3 is 2.45 bits per heavy atom. The molecule has 0 spiro atoms. The number of carboxylic acids is 1. The molecule has 2 atom stereocenters. The summed E-state index contributed by atoms with van der Waals surface area (Å²) in [5.74, 6) is -0.824. The van der Waals surface area contributed by atoms with E-state index in [2.05, 4.69) is 5.32 Å². The number of nitrogens with zero attached hydrogens (tertiary/aromatic N) is 2. The van der Waals surface area contributed by atoms with Crippen LogP contribution in [0.3, 0.4) is 0 Å². The van der Waals surface area contributed by atoms with Gasteiger partial charge in [0.25, 0.3) is 0 Å². The molecule has 0 aromatic carbocycles. The highest BCUT2D eigenvalue weighted by atomic mass is 32.2. The minimum Gasteiger partial charge on any atom is -0.480 e. The highest BCUT2D eigenvalue weighted by Gasteiger charge is 2.39. The van der Waals surface area contributed by atoms with Crippen LogP contribution in [0.1, 0.15) is 20.8 Å². The summed E-state index contributed by atoms with van der Waals surface area (Å²) >= 11 is 1.41. The van der Waals surface area contributed by atoms with Gasteiger partial charge in [-0.1, -0.05) is 0 Å². The molecule has 0 bridgehead atoms. The molecule has 2 N–H and O–H groups in total. The first-order valence-electron chi connectivity index (χ1n) is 6.60. The fraction of sp³-hybridized carbons (Fsp3) is 0.750. The summed E-state index contributed by atoms with van der Waals surface area (Å²) in [6.07, 6.45) is 0. The molecule has 2 unspecified atom stereocenters. The van der Waals surface area contributed by atoms with E-state index in [1.165, 1.54) is 16.7 Å². The highest BCUT2D eigenvalue weighted by molar-refractivity contribution is 8.00. The third-order valence-electron chi connectivity index (χ3n) is 3.25. The van der Waals surface area contributed by atoms with E-state index in [-0.39, 0.29) is 17.8 Å². The molecule has 3 amide bonds. The molecule has 0 radical (unpaired) electrons. The van der Waals surface area contributed by atoms with Gasteiger partial charge < -0.3 is 15.3 Å². The maximum Gasteiger partial charge on any atom is 0.327 e. The van der Waals surface area contributed by atoms with Crippen molar-refractivity contribution >= 4 is 29.7 Å². The molecule has 1 aliphatic rings. The molecule has 20 heavy (non-hydrogen) atoms. The lowest BCUT2D eigenvalue weighted by atomic mass is 10.3. The molecule has 1 aliphatic heterocycles. The highest BCUT2D eigenvalue weighted by Crippen LogP contribution is 2.28. The van der Waals surface area contributed by atoms with E-state index in [4.69, 9.17) is 5.11 Å². The van der Waals surface area contributed by atoms with Crippen LogP contribution in [0.25, 0.3) is 0 Å². The van der Waals surface area contributed by atoms with Crippen molar-refractivity contribution in [3.05, 3.63) is 0 Å². The zero-order valence-electron chi connectivity index (χ0n) is 12.0. The second kappa shape index (κ2) is 7.37. The van der Waals surface area contributed by atoms with Crippen LogP contribution in [0, 0.1) is 0 Å². The van der Waals surface area contributed by atoms with Crippen LogP contribution in [0.15, 0.2) is 0 Å². The van der Waals surface area contributed by atoms with E-state index in [0.29, 0.717) is 18.8 Å². The third kappa shape index (κ3) is 3.78. The van der Waals surface area contributed by atoms with Gasteiger partial charge in [-0.05, 0) is 20.8 Å². The van der Waals surface area contributed by atoms with Gasteiger partial charge in [-0.2, -0.15) is 0 Å². The maximum atomic E-state index is 12.0. The van der Waals surface area contributed by atoms with Crippen LogP contribution in [0.4, 0.5) is 4.79 Å². The number of rotatable bonds is 5. The van der Waals surface area contributed by atoms with Crippen LogP contribution in [0.5, 0.6) is 0 Å². The number of urea groups is 1. The molecule has 7 nitrogen and oxygen atoms in total. The summed E-state index contributed by atoms with van der Waals surface area (Å²) in [6, 6.07) is -1.34. The van der Waals surface area contributed by atoms with E-state index < -0.39 is 18.0 Å². The van der Waals surface area contributed by atoms with Crippen molar-refractivity contribution in [3.8, 4) is 0 Å². The first-order chi connectivity index (χ1) is 9.42. The molecule has 1 heterocycles. The largest absolute Gasteiger partial charge is 0.480 e. The maximum absolute atomic E-state index is 12.0. The molecule has 1 rings (SSSR count). The molecule has 0 aromatic rings. The Morgan fingerprint density at radius 1 is 1.35 bits per heavy atom. The Balaban J connectivity index is 2.57. The van der Waals surface area contributed by atoms with Crippen LogP contribution in [0.2, 0.25) is 0 Å². The van der Waals surface area contributed by atoms with E-state index in [1.54, 1.807) is 11.8 Å². The van der Waals surface area contributed by atoms with Crippen molar-refractivity contribution in [1.82, 2.24) is 15.1 Å². The lowest BCUT2D eigenvalue weighted by Gasteiger charge is -2.26. The molecule has 0 aliphatic carbocycles. The van der Waals surface area contributed by atoms with Crippen LogP contribution < -0.4 is 5.32 Å². The van der Waals surface area contributed by atoms with Crippen molar-refractivity contribution in [2.24, 2.45) is 0 Å². The number of thioether (sulfide) groups is 1. The summed E-state index contributed by atoms with van der Waals surface area (Å²) in [6.45, 7) is 6.56. The predicted molar refractivity (Wildman–Crippen MR) is 76.5 cm³/mol. The van der Waals surface area contributed by atoms with Gasteiger partial charge in [0.05, 0.1) is 11.9 Å². The number of aliphatic carboxylic acids is 1. The Bertz CT molecular complexity index is 387. The van der Waals surface area contributed by atoms with Gasteiger partial charge in [-0.15, -0.1) is 11.8 Å². The van der Waals surface area contributed by atoms with Gasteiger partial charge >= 0.3 is 12.0 Å². The molecule has 1 fully saturated rings. The van der Waals surface area contributed by atoms with Crippen molar-refractivity contribution in [2.45, 2.75) is 32.2 Å². The number of hydrogen-bond donors (Lipinski definition) is 2. The van der Waals surface area contributed by atoms with Gasteiger partial charge in [0.1, 0.15) is 6.04 Å². The number of nitrogens with one attached hydrogen (secondary N) is 1. The number of likely N-dealkylation sites (N-methyl/N-ethyl adjacent to an activating group) is 1. The van der Waals surface area contributed by atoms with Crippen LogP contribution >= 0.6 is 11.8 Å². The molecular weight excluding hydrogens is 282 g/mol. The number of hydrogen-bond acceptors (Lipinski definition) is 4. The molecule has 114 valence electrons. The summed E-state index contributed by atoms with van der Waals surface area (Å²) in [5.41, 5.74) is 0. The monoisotopic (exact) mass is 303 g/mol. The SMILES string of the molecule is CCN(CC)C(=O)CNC(=O)N1C(C)SCC1C(=O)O. The van der Waals surface area contributed by atoms with Crippen LogP contribution in [-0.4, -0.2) is 69.6 Å². The number of carbonyl (C=O) groups excluding carboxylic acids is 2. The summed E-state index contributed by atoms with van der Waals surface area (Å²) < 4.78 is 0. The molecule has 1 saturated heterocycles. The van der Waals surface area contributed by atoms with Crippen molar-refractivity contribution in [1.29, 1.82) is 0 Å². The minimum atomic E-state index is -1.02. The lowest BCUT2D eigenvalue weighted by Crippen LogP contribution is -2.51. The number of amides is 3. The van der Waals surface area contributed by atoms with E-state index >= 15 is 0 Å². The zero-order valence-corrected chi connectivity index (χ0v) is 12.8. The fourth-order valence-electron chi connectivity index (χ4n) is 2.07. The smallest absolute Gasteiger partial charge is 0.327 e. The predicted octanol–water partition coefficient (Wildman–Crippen LogP) is 0.412. The normalized spacial score (nSPS) is 21.6. The summed E-state index contributed by atoms with van der Waals surface area (Å²) in [5, 5.41) is 11.4. The van der Waals surface area contributed by atoms with Gasteiger partial charge in [-0.25, -0.2) is 9.59 Å². The van der Waals surface area contributed by atoms with Crippen LogP contribution in [-0.2, 0) is 9.59 Å². The van der Waals surface area contributed by atoms with E-state index in [9.17, 15) is 14.4 Å². The average molecular weight is 303 g/mol. The molecule has 0 saturated carbocycles. The molecular formula is C12H21N3O4S. The third-order valence-corrected chi connectivity index (χ3v) is 4.47. The number of carboxylic acid groups (broad SMARTS) is 1. The average Bonchev–Trinajstić information content (AvgIpc) is 2.79. The fourth-order valence-corrected chi connectivity index (χ4v) is 3.24. The molecule has 0 aromatic heterocycles. The minimum absolute atomic E-state index is 0.110. The lowest BCUT2D eigenvalue weighted by molar-refractivity contribution is -0.141. The van der Waals surface area contributed by atoms with E-state index in [1.807, 2.05) is 13.8 Å². The first kappa shape index (κ1) is 16.6. The van der Waals surface area contributed by atoms with Crippen molar-refractivity contribution < 1.29 is 19.5 Å².